The van der Waals surface area contributed by atoms with Gasteiger partial charge in [0, 0.05) is 32.1 Å². The molecule has 0 radical (unpaired) electrons. The minimum atomic E-state index is -1.14. The fourth-order valence-corrected chi connectivity index (χ4v) is 7.71. The summed E-state index contributed by atoms with van der Waals surface area (Å²) in [6.45, 7) is 24.3. The van der Waals surface area contributed by atoms with Crippen molar-refractivity contribution in [2.24, 2.45) is 10.2 Å². The first kappa shape index (κ1) is 45.1. The summed E-state index contributed by atoms with van der Waals surface area (Å²) < 4.78 is 24.7. The van der Waals surface area contributed by atoms with E-state index in [4.69, 9.17) is 18.9 Å². The van der Waals surface area contributed by atoms with Crippen LogP contribution in [0.4, 0.5) is 0 Å². The first-order chi connectivity index (χ1) is 27.9. The van der Waals surface area contributed by atoms with Crippen molar-refractivity contribution in [2.75, 3.05) is 28.4 Å². The van der Waals surface area contributed by atoms with Crippen LogP contribution in [-0.2, 0) is 21.7 Å². The Labute approximate surface area is 353 Å². The Hall–Kier alpha value is -5.96. The maximum atomic E-state index is 15.6. The lowest BCUT2D eigenvalue weighted by atomic mass is 9.77. The first-order valence-corrected chi connectivity index (χ1v) is 19.9. The van der Waals surface area contributed by atoms with Gasteiger partial charge < -0.3 is 18.9 Å². The van der Waals surface area contributed by atoms with E-state index in [0.717, 1.165) is 22.3 Å². The number of ketones is 2. The van der Waals surface area contributed by atoms with Crippen LogP contribution in [0, 0.1) is 0 Å². The molecule has 1 aliphatic carbocycles. The van der Waals surface area contributed by atoms with Gasteiger partial charge >= 0.3 is 0 Å². The van der Waals surface area contributed by atoms with E-state index in [1.165, 1.54) is 28.4 Å². The molecule has 0 aliphatic heterocycles. The fraction of sp³-hybridized carbons (Fsp3) is 0.458. The Bertz CT molecular complexity index is 2160. The molecule has 4 aromatic rings. The zero-order valence-corrected chi connectivity index (χ0v) is 37.9. The van der Waals surface area contributed by atoms with Gasteiger partial charge in [0.25, 0.3) is 0 Å². The Morgan fingerprint density at radius 1 is 0.417 bits per heavy atom. The van der Waals surface area contributed by atoms with E-state index < -0.39 is 45.3 Å². The quantitative estimate of drug-likeness (QED) is 0.107. The Morgan fingerprint density at radius 3 is 0.767 bits per heavy atom. The average molecular weight is 815 g/mol. The molecule has 0 spiro atoms. The molecule has 5 rings (SSSR count). The molecular weight excluding hydrogens is 757 g/mol. The second-order valence-corrected chi connectivity index (χ2v) is 19.5. The molecule has 0 unspecified atom stereocenters. The highest BCUT2D eigenvalue weighted by atomic mass is 16.5. The summed E-state index contributed by atoms with van der Waals surface area (Å²) in [5.41, 5.74) is 24.0. The molecule has 0 saturated heterocycles. The van der Waals surface area contributed by atoms with Crippen molar-refractivity contribution < 1.29 is 28.5 Å². The SMILES string of the molecule is COc1c2cc(C(C)(C)C)cc1C(N=[N+]=[N-])c1cc(C(C)(C)C)cc(c1OC)C(=O)c1cc(C(C)(C)C)cc(c1OC)C(N=[N+]=[N-])c1cc(C(C)(C)C)cc(c1OC)C2=O. The zero-order valence-electron chi connectivity index (χ0n) is 37.9. The molecule has 12 nitrogen and oxygen atoms in total. The standard InChI is InChI=1S/C48H58N6O6/c1-45(2,3)25-17-29-37(51-53-49)30-18-26(46(4,5)6)23-35(42(30)58-14)40(56)36-24-28(48(10,11)12)20-32(44(36)60-16)38(52-54-50)31-19-27(47(7,8)9)22-34(43(31)59-15)39(55)33(21-25)41(29)57-13/h17-24,37-38H,1-16H3. The fourth-order valence-electron chi connectivity index (χ4n) is 7.71. The van der Waals surface area contributed by atoms with Gasteiger partial charge in [0.15, 0.2) is 0 Å². The molecule has 0 saturated carbocycles. The lowest BCUT2D eigenvalue weighted by molar-refractivity contribution is 0.102. The summed E-state index contributed by atoms with van der Waals surface area (Å²) in [6.07, 6.45) is 0. The Kier molecular flexibility index (Phi) is 12.2. The predicted octanol–water partition coefficient (Wildman–Crippen LogP) is 12.5. The summed E-state index contributed by atoms with van der Waals surface area (Å²) in [5, 5.41) is 8.78. The van der Waals surface area contributed by atoms with Crippen molar-refractivity contribution in [2.45, 2.75) is 117 Å². The largest absolute Gasteiger partial charge is 0.496 e. The molecule has 8 bridgehead atoms. The van der Waals surface area contributed by atoms with E-state index in [-0.39, 0.29) is 45.3 Å². The molecule has 0 heterocycles. The summed E-state index contributed by atoms with van der Waals surface area (Å²) >= 11 is 0. The van der Waals surface area contributed by atoms with Gasteiger partial charge in [-0.25, -0.2) is 0 Å². The van der Waals surface area contributed by atoms with Crippen LogP contribution in [0.15, 0.2) is 58.8 Å². The van der Waals surface area contributed by atoms with Gasteiger partial charge in [-0.05, 0) is 79.2 Å². The predicted molar refractivity (Wildman–Crippen MR) is 236 cm³/mol. The van der Waals surface area contributed by atoms with Crippen molar-refractivity contribution in [3.8, 4) is 23.0 Å². The second-order valence-electron chi connectivity index (χ2n) is 19.5. The second kappa shape index (κ2) is 16.2. The topological polar surface area (TPSA) is 169 Å². The number of fused-ring (bicyclic) bond motifs is 8. The van der Waals surface area contributed by atoms with Crippen LogP contribution in [0.5, 0.6) is 23.0 Å². The van der Waals surface area contributed by atoms with Gasteiger partial charge in [0.2, 0.25) is 11.6 Å². The van der Waals surface area contributed by atoms with E-state index in [2.05, 4.69) is 20.1 Å². The van der Waals surface area contributed by atoms with E-state index in [1.807, 2.05) is 107 Å². The number of azide groups is 2. The van der Waals surface area contributed by atoms with E-state index in [0.29, 0.717) is 22.3 Å². The van der Waals surface area contributed by atoms with Crippen LogP contribution in [-0.4, -0.2) is 40.0 Å². The number of carbonyl (C=O) groups excluding carboxylic acids is 2. The van der Waals surface area contributed by atoms with Gasteiger partial charge in [0.05, 0.1) is 62.8 Å². The molecule has 316 valence electrons. The monoisotopic (exact) mass is 814 g/mol. The molecule has 0 N–H and O–H groups in total. The van der Waals surface area contributed by atoms with Crippen molar-refractivity contribution in [3.63, 3.8) is 0 Å². The van der Waals surface area contributed by atoms with Gasteiger partial charge in [-0.3, -0.25) is 9.59 Å². The molecule has 4 aromatic carbocycles. The third kappa shape index (κ3) is 8.27. The van der Waals surface area contributed by atoms with Crippen molar-refractivity contribution in [3.05, 3.63) is 136 Å². The number of nitrogens with zero attached hydrogens (tertiary/aromatic N) is 6. The van der Waals surface area contributed by atoms with Crippen molar-refractivity contribution in [1.82, 2.24) is 0 Å². The van der Waals surface area contributed by atoms with Crippen LogP contribution in [0.3, 0.4) is 0 Å². The zero-order chi connectivity index (χ0) is 44.9. The maximum absolute atomic E-state index is 15.6. The van der Waals surface area contributed by atoms with Crippen LogP contribution in [0.1, 0.15) is 172 Å². The Balaban J connectivity index is 2.21. The highest BCUT2D eigenvalue weighted by Crippen LogP contribution is 2.49. The number of rotatable bonds is 6. The van der Waals surface area contributed by atoms with Crippen molar-refractivity contribution >= 4 is 11.6 Å². The third-order valence-electron chi connectivity index (χ3n) is 11.2. The molecule has 0 aromatic heterocycles. The molecular formula is C48H58N6O6. The molecule has 1 aliphatic rings. The summed E-state index contributed by atoms with van der Waals surface area (Å²) in [7, 11) is 5.86. The van der Waals surface area contributed by atoms with Gasteiger partial charge in [0.1, 0.15) is 23.0 Å². The summed E-state index contributed by atoms with van der Waals surface area (Å²) in [6, 6.07) is 12.5. The highest BCUT2D eigenvalue weighted by Gasteiger charge is 2.37. The normalized spacial score (nSPS) is 15.7. The molecule has 12 heteroatoms. The van der Waals surface area contributed by atoms with Gasteiger partial charge in [-0.1, -0.05) is 118 Å². The van der Waals surface area contributed by atoms with Crippen LogP contribution in [0.2, 0.25) is 0 Å². The lowest BCUT2D eigenvalue weighted by Crippen LogP contribution is -2.21. The number of ether oxygens (including phenoxy) is 4. The van der Waals surface area contributed by atoms with Crippen molar-refractivity contribution in [1.29, 1.82) is 0 Å². The minimum Gasteiger partial charge on any atom is -0.496 e. The lowest BCUT2D eigenvalue weighted by Gasteiger charge is -2.30. The van der Waals surface area contributed by atoms with Crippen LogP contribution >= 0.6 is 0 Å². The van der Waals surface area contributed by atoms with Crippen LogP contribution in [0.25, 0.3) is 20.9 Å². The summed E-state index contributed by atoms with van der Waals surface area (Å²) in [4.78, 5) is 37.8. The average Bonchev–Trinajstić information content (AvgIpc) is 3.17. The number of hydrogen-bond acceptors (Lipinski definition) is 8. The van der Waals surface area contributed by atoms with Crippen LogP contribution < -0.4 is 18.9 Å². The third-order valence-corrected chi connectivity index (χ3v) is 11.2. The molecule has 0 atom stereocenters. The minimum absolute atomic E-state index is 0.173. The first-order valence-electron chi connectivity index (χ1n) is 19.9. The van der Waals surface area contributed by atoms with E-state index >= 15 is 9.59 Å². The molecule has 0 fully saturated rings. The molecule has 0 amide bonds. The van der Waals surface area contributed by atoms with E-state index in [9.17, 15) is 11.1 Å². The maximum Gasteiger partial charge on any atom is 0.200 e. The number of carbonyl (C=O) groups is 2. The number of methoxy groups -OCH3 is 4. The van der Waals surface area contributed by atoms with E-state index in [1.54, 1.807) is 24.3 Å². The van der Waals surface area contributed by atoms with Gasteiger partial charge in [-0.2, -0.15) is 0 Å². The summed E-state index contributed by atoms with van der Waals surface area (Å²) in [5.74, 6) is -0.175. The highest BCUT2D eigenvalue weighted by molar-refractivity contribution is 6.14. The number of hydrogen-bond donors (Lipinski definition) is 0. The smallest absolute Gasteiger partial charge is 0.200 e. The van der Waals surface area contributed by atoms with Gasteiger partial charge in [-0.15, -0.1) is 0 Å². The molecule has 60 heavy (non-hydrogen) atoms. The number of benzene rings is 4. The Morgan fingerprint density at radius 2 is 0.617 bits per heavy atom.